The van der Waals surface area contributed by atoms with E-state index in [1.165, 1.54) is 0 Å². The van der Waals surface area contributed by atoms with Crippen molar-refractivity contribution in [3.8, 4) is 0 Å². The zero-order valence-corrected chi connectivity index (χ0v) is 17.7. The Hall–Kier alpha value is -2.41. The lowest BCUT2D eigenvalue weighted by Crippen LogP contribution is -2.36. The topological polar surface area (TPSA) is 69.6 Å². The molecule has 0 spiro atoms. The van der Waals surface area contributed by atoms with Gasteiger partial charge in [0, 0.05) is 30.6 Å². The fraction of sp³-hybridized carbons (Fsp3) is 0.476. The van der Waals surface area contributed by atoms with Crippen LogP contribution in [-0.4, -0.2) is 29.9 Å². The average molecular weight is 400 g/mol. The van der Waals surface area contributed by atoms with Crippen LogP contribution in [0.5, 0.6) is 0 Å². The van der Waals surface area contributed by atoms with Gasteiger partial charge >= 0.3 is 0 Å². The van der Waals surface area contributed by atoms with Crippen LogP contribution in [0.15, 0.2) is 34.6 Å². The van der Waals surface area contributed by atoms with Crippen LogP contribution in [0, 0.1) is 0 Å². The van der Waals surface area contributed by atoms with E-state index < -0.39 is 0 Å². The van der Waals surface area contributed by atoms with Crippen molar-refractivity contribution in [2.75, 3.05) is 18.0 Å². The maximum Gasteiger partial charge on any atom is 0.227 e. The van der Waals surface area contributed by atoms with E-state index in [2.05, 4.69) is 46.8 Å². The Morgan fingerprint density at radius 2 is 2.07 bits per heavy atom. The lowest BCUT2D eigenvalue weighted by Gasteiger charge is -2.15. The van der Waals surface area contributed by atoms with Crippen molar-refractivity contribution >= 4 is 28.9 Å². The molecule has 0 atom stereocenters. The maximum atomic E-state index is 11.9. The fourth-order valence-corrected chi connectivity index (χ4v) is 3.94. The van der Waals surface area contributed by atoms with Crippen LogP contribution in [0.1, 0.15) is 55.8 Å². The van der Waals surface area contributed by atoms with E-state index in [0.29, 0.717) is 25.4 Å². The van der Waals surface area contributed by atoms with Crippen molar-refractivity contribution in [1.82, 2.24) is 15.6 Å². The number of aromatic nitrogens is 1. The summed E-state index contributed by atoms with van der Waals surface area (Å²) in [7, 11) is 0. The molecule has 0 bridgehead atoms. The summed E-state index contributed by atoms with van der Waals surface area (Å²) >= 11 is 1.68. The second-order valence-electron chi connectivity index (χ2n) is 7.18. The number of thiazole rings is 1. The van der Waals surface area contributed by atoms with E-state index in [-0.39, 0.29) is 5.91 Å². The van der Waals surface area contributed by atoms with Crippen molar-refractivity contribution in [1.29, 1.82) is 0 Å². The third-order valence-corrected chi connectivity index (χ3v) is 5.52. The van der Waals surface area contributed by atoms with Crippen LogP contribution in [0.2, 0.25) is 0 Å². The molecule has 1 aliphatic heterocycles. The van der Waals surface area contributed by atoms with Crippen LogP contribution in [0.3, 0.4) is 0 Å². The Bertz CT molecular complexity index is 812. The van der Waals surface area contributed by atoms with Crippen LogP contribution >= 0.6 is 11.3 Å². The van der Waals surface area contributed by atoms with Crippen molar-refractivity contribution in [2.24, 2.45) is 4.99 Å². The minimum absolute atomic E-state index is 0.215. The van der Waals surface area contributed by atoms with E-state index >= 15 is 0 Å². The molecule has 150 valence electrons. The average Bonchev–Trinajstić information content (AvgIpc) is 3.33. The highest BCUT2D eigenvalue weighted by atomic mass is 32.1. The zero-order chi connectivity index (χ0) is 19.9. The van der Waals surface area contributed by atoms with Crippen LogP contribution in [0.4, 0.5) is 5.69 Å². The maximum absolute atomic E-state index is 11.9. The number of amides is 1. The summed E-state index contributed by atoms with van der Waals surface area (Å²) in [5.41, 5.74) is 3.23. The summed E-state index contributed by atoms with van der Waals surface area (Å²) in [5.74, 6) is 1.44. The normalized spacial score (nSPS) is 14.8. The van der Waals surface area contributed by atoms with Gasteiger partial charge in [0.25, 0.3) is 0 Å². The number of nitrogens with one attached hydrogen (secondary N) is 2. The first-order valence-electron chi connectivity index (χ1n) is 9.92. The lowest BCUT2D eigenvalue weighted by atomic mass is 10.2. The van der Waals surface area contributed by atoms with Gasteiger partial charge in [-0.3, -0.25) is 4.79 Å². The number of anilines is 1. The second-order valence-corrected chi connectivity index (χ2v) is 8.13. The highest BCUT2D eigenvalue weighted by Crippen LogP contribution is 2.22. The number of carbonyl (C=O) groups is 1. The van der Waals surface area contributed by atoms with Gasteiger partial charge < -0.3 is 15.5 Å². The summed E-state index contributed by atoms with van der Waals surface area (Å²) in [6.45, 7) is 9.24. The second kappa shape index (κ2) is 9.68. The van der Waals surface area contributed by atoms with Gasteiger partial charge in [-0.25, -0.2) is 9.98 Å². The molecule has 1 aromatic carbocycles. The first kappa shape index (κ1) is 20.3. The number of rotatable bonds is 7. The molecule has 1 saturated heterocycles. The third kappa shape index (κ3) is 5.32. The molecule has 0 saturated carbocycles. The third-order valence-electron chi connectivity index (χ3n) is 4.65. The Labute approximate surface area is 171 Å². The minimum atomic E-state index is 0.215. The van der Waals surface area contributed by atoms with Crippen molar-refractivity contribution in [3.05, 3.63) is 45.9 Å². The van der Waals surface area contributed by atoms with E-state index in [0.717, 1.165) is 47.4 Å². The predicted octanol–water partition coefficient (Wildman–Crippen LogP) is 3.65. The zero-order valence-electron chi connectivity index (χ0n) is 16.9. The molecule has 28 heavy (non-hydrogen) atoms. The molecular formula is C21H29N5OS. The molecule has 1 amide bonds. The molecule has 0 aliphatic carbocycles. The van der Waals surface area contributed by atoms with Crippen molar-refractivity contribution in [2.45, 2.75) is 52.6 Å². The van der Waals surface area contributed by atoms with Gasteiger partial charge in [0.05, 0.1) is 18.8 Å². The summed E-state index contributed by atoms with van der Waals surface area (Å²) in [4.78, 5) is 23.0. The monoisotopic (exact) mass is 399 g/mol. The predicted molar refractivity (Wildman–Crippen MR) is 116 cm³/mol. The van der Waals surface area contributed by atoms with Crippen molar-refractivity contribution < 1.29 is 4.79 Å². The minimum Gasteiger partial charge on any atom is -0.357 e. The first-order chi connectivity index (χ1) is 13.6. The first-order valence-corrected chi connectivity index (χ1v) is 10.8. The van der Waals surface area contributed by atoms with E-state index in [9.17, 15) is 4.79 Å². The molecule has 1 aliphatic rings. The molecular weight excluding hydrogens is 370 g/mol. The van der Waals surface area contributed by atoms with Gasteiger partial charge in [-0.05, 0) is 37.0 Å². The Kier molecular flexibility index (Phi) is 7.03. The number of benzene rings is 1. The number of aliphatic imine (C=N–C) groups is 1. The fourth-order valence-electron chi connectivity index (χ4n) is 3.05. The molecule has 3 rings (SSSR count). The van der Waals surface area contributed by atoms with Crippen LogP contribution < -0.4 is 15.5 Å². The summed E-state index contributed by atoms with van der Waals surface area (Å²) in [6, 6.07) is 8.11. The van der Waals surface area contributed by atoms with Gasteiger partial charge in [-0.2, -0.15) is 0 Å². The summed E-state index contributed by atoms with van der Waals surface area (Å²) < 4.78 is 0. The largest absolute Gasteiger partial charge is 0.357 e. The Morgan fingerprint density at radius 3 is 2.68 bits per heavy atom. The number of carbonyl (C=O) groups excluding carboxylic acids is 1. The van der Waals surface area contributed by atoms with Crippen LogP contribution in [0.25, 0.3) is 0 Å². The Balaban J connectivity index is 1.58. The molecule has 2 aromatic rings. The summed E-state index contributed by atoms with van der Waals surface area (Å²) in [5, 5.41) is 9.82. The molecule has 2 heterocycles. The SMILES string of the molecule is CCNC(=NCc1ccc(N2CCCC2=O)cc1)NCc1nc(C(C)C)cs1. The van der Waals surface area contributed by atoms with Gasteiger partial charge in [-0.15, -0.1) is 11.3 Å². The molecule has 1 aromatic heterocycles. The highest BCUT2D eigenvalue weighted by molar-refractivity contribution is 7.09. The number of nitrogens with zero attached hydrogens (tertiary/aromatic N) is 3. The highest BCUT2D eigenvalue weighted by Gasteiger charge is 2.21. The number of hydrogen-bond donors (Lipinski definition) is 2. The molecule has 6 nitrogen and oxygen atoms in total. The standard InChI is InChI=1S/C21H29N5OS/c1-4-22-21(24-13-19-25-18(14-28-19)15(2)3)23-12-16-7-9-17(10-8-16)26-11-5-6-20(26)27/h7-10,14-15H,4-6,11-13H2,1-3H3,(H2,22,23,24). The van der Waals surface area contributed by atoms with E-state index in [1.807, 2.05) is 29.2 Å². The smallest absolute Gasteiger partial charge is 0.227 e. The quantitative estimate of drug-likeness (QED) is 0.551. The molecule has 7 heteroatoms. The van der Waals surface area contributed by atoms with Crippen molar-refractivity contribution in [3.63, 3.8) is 0 Å². The molecule has 2 N–H and O–H groups in total. The molecule has 0 unspecified atom stereocenters. The Morgan fingerprint density at radius 1 is 1.29 bits per heavy atom. The summed E-state index contributed by atoms with van der Waals surface area (Å²) in [6.07, 6.45) is 1.60. The van der Waals surface area contributed by atoms with E-state index in [1.54, 1.807) is 11.3 Å². The number of hydrogen-bond acceptors (Lipinski definition) is 4. The van der Waals surface area contributed by atoms with Gasteiger partial charge in [-0.1, -0.05) is 26.0 Å². The van der Waals surface area contributed by atoms with E-state index in [4.69, 9.17) is 0 Å². The number of guanidine groups is 1. The van der Waals surface area contributed by atoms with Crippen LogP contribution in [-0.2, 0) is 17.9 Å². The van der Waals surface area contributed by atoms with Gasteiger partial charge in [0.1, 0.15) is 5.01 Å². The lowest BCUT2D eigenvalue weighted by molar-refractivity contribution is -0.117. The molecule has 1 fully saturated rings. The van der Waals surface area contributed by atoms with Gasteiger partial charge in [0.2, 0.25) is 5.91 Å². The van der Waals surface area contributed by atoms with Gasteiger partial charge in [0.15, 0.2) is 5.96 Å². The molecule has 0 radical (unpaired) electrons.